The molecule has 0 spiro atoms. The third-order valence-electron chi connectivity index (χ3n) is 3.12. The lowest BCUT2D eigenvalue weighted by molar-refractivity contribution is 0.795. The van der Waals surface area contributed by atoms with Gasteiger partial charge in [0.15, 0.2) is 0 Å². The van der Waals surface area contributed by atoms with Crippen LogP contribution in [0.5, 0.6) is 0 Å². The molecule has 0 aliphatic heterocycles. The molecule has 2 heterocycles. The molecule has 0 amide bonds. The van der Waals surface area contributed by atoms with Crippen LogP contribution in [0.2, 0.25) is 0 Å². The number of aromatic nitrogens is 5. The molecular weight excluding hydrogens is 266 g/mol. The van der Waals surface area contributed by atoms with Crippen molar-refractivity contribution in [3.8, 4) is 5.95 Å². The lowest BCUT2D eigenvalue weighted by Gasteiger charge is -2.19. The molecule has 0 bridgehead atoms. The normalized spacial score (nSPS) is 10.6. The molecule has 0 atom stereocenters. The van der Waals surface area contributed by atoms with Crippen molar-refractivity contribution in [2.75, 3.05) is 17.7 Å². The Morgan fingerprint density at radius 3 is 2.62 bits per heavy atom. The van der Waals surface area contributed by atoms with Crippen LogP contribution in [0.15, 0.2) is 42.7 Å². The molecule has 0 fully saturated rings. The topological polar surface area (TPSA) is 85.8 Å². The third kappa shape index (κ3) is 2.53. The number of nitrogen functional groups attached to an aromatic ring is 1. The van der Waals surface area contributed by atoms with Crippen LogP contribution in [0, 0.1) is 6.92 Å². The van der Waals surface area contributed by atoms with Gasteiger partial charge in [-0.1, -0.05) is 18.2 Å². The Labute approximate surface area is 122 Å². The van der Waals surface area contributed by atoms with Crippen molar-refractivity contribution in [1.29, 1.82) is 0 Å². The molecule has 106 valence electrons. The Balaban J connectivity index is 2.05. The van der Waals surface area contributed by atoms with Gasteiger partial charge in [-0.05, 0) is 24.6 Å². The van der Waals surface area contributed by atoms with E-state index < -0.39 is 0 Å². The van der Waals surface area contributed by atoms with Crippen LogP contribution >= 0.6 is 0 Å². The van der Waals surface area contributed by atoms with Crippen LogP contribution in [-0.2, 0) is 0 Å². The van der Waals surface area contributed by atoms with Crippen molar-refractivity contribution < 1.29 is 0 Å². The van der Waals surface area contributed by atoms with Gasteiger partial charge in [0.05, 0.1) is 0 Å². The third-order valence-corrected chi connectivity index (χ3v) is 3.12. The van der Waals surface area contributed by atoms with Crippen molar-refractivity contribution in [1.82, 2.24) is 24.7 Å². The molecule has 0 aliphatic carbocycles. The summed E-state index contributed by atoms with van der Waals surface area (Å²) in [6.07, 6.45) is 3.41. The van der Waals surface area contributed by atoms with E-state index in [9.17, 15) is 0 Å². The zero-order chi connectivity index (χ0) is 14.8. The Kier molecular flexibility index (Phi) is 3.23. The lowest BCUT2D eigenvalue weighted by atomic mass is 10.2. The summed E-state index contributed by atoms with van der Waals surface area (Å²) in [6, 6.07) is 9.79. The SMILES string of the molecule is Cc1ccccc1N(C)c1nc(N)nc(-n2cccn2)n1. The second kappa shape index (κ2) is 5.20. The summed E-state index contributed by atoms with van der Waals surface area (Å²) in [6.45, 7) is 2.03. The number of hydrogen-bond donors (Lipinski definition) is 1. The second-order valence-electron chi connectivity index (χ2n) is 4.59. The molecule has 0 unspecified atom stereocenters. The van der Waals surface area contributed by atoms with Gasteiger partial charge < -0.3 is 10.6 Å². The Morgan fingerprint density at radius 1 is 1.10 bits per heavy atom. The van der Waals surface area contributed by atoms with Gasteiger partial charge >= 0.3 is 0 Å². The standard InChI is InChI=1S/C14H15N7/c1-10-6-3-4-7-11(10)20(2)13-17-12(15)18-14(19-13)21-9-5-8-16-21/h3-9H,1-2H3,(H2,15,17,18,19). The van der Waals surface area contributed by atoms with Gasteiger partial charge in [0.25, 0.3) is 5.95 Å². The molecule has 2 aromatic heterocycles. The summed E-state index contributed by atoms with van der Waals surface area (Å²) >= 11 is 0. The molecule has 7 nitrogen and oxygen atoms in total. The minimum atomic E-state index is 0.158. The fourth-order valence-corrected chi connectivity index (χ4v) is 2.06. The summed E-state index contributed by atoms with van der Waals surface area (Å²) in [4.78, 5) is 14.6. The first kappa shape index (κ1) is 13.0. The van der Waals surface area contributed by atoms with Gasteiger partial charge in [-0.25, -0.2) is 4.68 Å². The van der Waals surface area contributed by atoms with Crippen molar-refractivity contribution in [2.24, 2.45) is 0 Å². The van der Waals surface area contributed by atoms with Crippen molar-refractivity contribution in [3.05, 3.63) is 48.3 Å². The maximum atomic E-state index is 5.79. The highest BCUT2D eigenvalue weighted by Crippen LogP contribution is 2.24. The van der Waals surface area contributed by atoms with Crippen molar-refractivity contribution in [3.63, 3.8) is 0 Å². The lowest BCUT2D eigenvalue weighted by Crippen LogP contribution is -2.17. The van der Waals surface area contributed by atoms with E-state index in [-0.39, 0.29) is 5.95 Å². The van der Waals surface area contributed by atoms with E-state index in [4.69, 9.17) is 5.73 Å². The van der Waals surface area contributed by atoms with Crippen LogP contribution in [0.3, 0.4) is 0 Å². The molecular formula is C14H15N7. The average Bonchev–Trinajstić information content (AvgIpc) is 3.01. The van der Waals surface area contributed by atoms with E-state index >= 15 is 0 Å². The van der Waals surface area contributed by atoms with Gasteiger partial charge in [0.2, 0.25) is 11.9 Å². The van der Waals surface area contributed by atoms with Gasteiger partial charge in [-0.3, -0.25) is 0 Å². The van der Waals surface area contributed by atoms with E-state index in [2.05, 4.69) is 20.1 Å². The van der Waals surface area contributed by atoms with Gasteiger partial charge in [0.1, 0.15) is 0 Å². The highest BCUT2D eigenvalue weighted by molar-refractivity contribution is 5.61. The molecule has 3 aromatic rings. The number of anilines is 3. The number of nitrogens with two attached hydrogens (primary N) is 1. The number of benzene rings is 1. The zero-order valence-corrected chi connectivity index (χ0v) is 11.8. The summed E-state index contributed by atoms with van der Waals surface area (Å²) in [5, 5.41) is 4.11. The molecule has 0 saturated heterocycles. The average molecular weight is 281 g/mol. The van der Waals surface area contributed by atoms with E-state index in [1.807, 2.05) is 43.1 Å². The minimum Gasteiger partial charge on any atom is -0.368 e. The summed E-state index contributed by atoms with van der Waals surface area (Å²) in [5.74, 6) is 1.02. The predicted octanol–water partition coefficient (Wildman–Crippen LogP) is 1.72. The zero-order valence-electron chi connectivity index (χ0n) is 11.8. The number of hydrogen-bond acceptors (Lipinski definition) is 6. The van der Waals surface area contributed by atoms with Crippen molar-refractivity contribution >= 4 is 17.6 Å². The first-order chi connectivity index (χ1) is 10.1. The van der Waals surface area contributed by atoms with E-state index in [0.29, 0.717) is 11.9 Å². The first-order valence-electron chi connectivity index (χ1n) is 6.46. The number of rotatable bonds is 3. The number of aryl methyl sites for hydroxylation is 1. The monoisotopic (exact) mass is 281 g/mol. The van der Waals surface area contributed by atoms with Crippen LogP contribution in [-0.4, -0.2) is 31.8 Å². The first-order valence-corrected chi connectivity index (χ1v) is 6.46. The second-order valence-corrected chi connectivity index (χ2v) is 4.59. The van der Waals surface area contributed by atoms with Crippen LogP contribution < -0.4 is 10.6 Å². The summed E-state index contributed by atoms with van der Waals surface area (Å²) < 4.78 is 1.55. The highest BCUT2D eigenvalue weighted by atomic mass is 15.4. The molecule has 3 rings (SSSR count). The summed E-state index contributed by atoms with van der Waals surface area (Å²) in [5.41, 5.74) is 7.92. The maximum Gasteiger partial charge on any atom is 0.257 e. The Morgan fingerprint density at radius 2 is 1.90 bits per heavy atom. The van der Waals surface area contributed by atoms with E-state index in [1.54, 1.807) is 23.1 Å². The van der Waals surface area contributed by atoms with Gasteiger partial charge in [-0.2, -0.15) is 20.1 Å². The highest BCUT2D eigenvalue weighted by Gasteiger charge is 2.13. The largest absolute Gasteiger partial charge is 0.368 e. The Hall–Kier alpha value is -2.96. The Bertz CT molecular complexity index is 752. The fourth-order valence-electron chi connectivity index (χ4n) is 2.06. The molecule has 21 heavy (non-hydrogen) atoms. The maximum absolute atomic E-state index is 5.79. The molecule has 0 radical (unpaired) electrons. The van der Waals surface area contributed by atoms with E-state index in [1.165, 1.54) is 0 Å². The molecule has 2 N–H and O–H groups in total. The molecule has 7 heteroatoms. The summed E-state index contributed by atoms with van der Waals surface area (Å²) in [7, 11) is 1.89. The fraction of sp³-hybridized carbons (Fsp3) is 0.143. The predicted molar refractivity (Wildman–Crippen MR) is 80.6 cm³/mol. The van der Waals surface area contributed by atoms with Crippen LogP contribution in [0.4, 0.5) is 17.6 Å². The smallest absolute Gasteiger partial charge is 0.257 e. The van der Waals surface area contributed by atoms with E-state index in [0.717, 1.165) is 11.3 Å². The number of para-hydroxylation sites is 1. The van der Waals surface area contributed by atoms with Crippen molar-refractivity contribution in [2.45, 2.75) is 6.92 Å². The molecule has 0 aliphatic rings. The van der Waals surface area contributed by atoms with Crippen LogP contribution in [0.25, 0.3) is 5.95 Å². The van der Waals surface area contributed by atoms with Crippen LogP contribution in [0.1, 0.15) is 5.56 Å². The number of nitrogens with zero attached hydrogens (tertiary/aromatic N) is 6. The quantitative estimate of drug-likeness (QED) is 0.786. The molecule has 0 saturated carbocycles. The molecule has 1 aromatic carbocycles. The van der Waals surface area contributed by atoms with Gasteiger partial charge in [-0.15, -0.1) is 0 Å². The minimum absolute atomic E-state index is 0.158. The van der Waals surface area contributed by atoms with Gasteiger partial charge in [0, 0.05) is 25.1 Å².